The third kappa shape index (κ3) is 4.91. The first kappa shape index (κ1) is 19.6. The van der Waals surface area contributed by atoms with Gasteiger partial charge >= 0.3 is 6.03 Å². The van der Waals surface area contributed by atoms with Crippen LogP contribution in [0.3, 0.4) is 0 Å². The van der Waals surface area contributed by atoms with Crippen molar-refractivity contribution >= 4 is 23.7 Å². The second-order valence-electron chi connectivity index (χ2n) is 6.76. The van der Waals surface area contributed by atoms with Crippen molar-refractivity contribution in [3.8, 4) is 0 Å². The molecule has 5 nitrogen and oxygen atoms in total. The Kier molecular flexibility index (Phi) is 6.76. The predicted octanol–water partition coefficient (Wildman–Crippen LogP) is 3.40. The zero-order valence-electron chi connectivity index (χ0n) is 15.8. The summed E-state index contributed by atoms with van der Waals surface area (Å²) in [4.78, 5) is 28.5. The molecule has 1 fully saturated rings. The molecule has 0 spiro atoms. The molecule has 1 saturated heterocycles. The monoisotopic (exact) mass is 363 g/mol. The fourth-order valence-electron chi connectivity index (χ4n) is 2.95. The molecule has 6 heteroatoms. The molecule has 1 heterocycles. The Bertz CT molecular complexity index is 620. The number of nitrogens with one attached hydrogen (secondary N) is 1. The molecular formula is C19H29N3O2S. The summed E-state index contributed by atoms with van der Waals surface area (Å²) in [5, 5.41) is 2.89. The normalized spacial score (nSPS) is 20.2. The van der Waals surface area contributed by atoms with Crippen LogP contribution in [0.1, 0.15) is 44.2 Å². The van der Waals surface area contributed by atoms with E-state index in [0.717, 1.165) is 5.56 Å². The molecule has 25 heavy (non-hydrogen) atoms. The van der Waals surface area contributed by atoms with E-state index in [2.05, 4.69) is 30.4 Å². The molecule has 1 aliphatic rings. The first-order chi connectivity index (χ1) is 11.8. The fraction of sp³-hybridized carbons (Fsp3) is 0.579. The lowest BCUT2D eigenvalue weighted by atomic mass is 10.1. The lowest BCUT2D eigenvalue weighted by Gasteiger charge is -2.29. The Morgan fingerprint density at radius 2 is 2.12 bits per heavy atom. The second-order valence-corrected chi connectivity index (χ2v) is 8.19. The van der Waals surface area contributed by atoms with Crippen LogP contribution in [-0.4, -0.2) is 52.7 Å². The standard InChI is InChI=1S/C19H29N3O2S/c1-6-21(19(24)20-13(2)3)10-11-22-17(23)15(5)25-18(22)16-9-7-8-14(4)12-16/h7-9,12-13,15,18H,6,10-11H2,1-5H3,(H,20,24)/t15-,18-/m1/s1. The first-order valence-electron chi connectivity index (χ1n) is 8.91. The van der Waals surface area contributed by atoms with Crippen molar-refractivity contribution in [3.63, 3.8) is 0 Å². The Balaban J connectivity index is 2.09. The Hall–Kier alpha value is -1.69. The van der Waals surface area contributed by atoms with Crippen LogP contribution < -0.4 is 5.32 Å². The minimum absolute atomic E-state index is 0.0225. The third-order valence-corrected chi connectivity index (χ3v) is 5.66. The van der Waals surface area contributed by atoms with Gasteiger partial charge in [-0.3, -0.25) is 4.79 Å². The van der Waals surface area contributed by atoms with E-state index < -0.39 is 0 Å². The molecule has 1 N–H and O–H groups in total. The maximum Gasteiger partial charge on any atom is 0.317 e. The number of rotatable bonds is 6. The highest BCUT2D eigenvalue weighted by atomic mass is 32.2. The summed E-state index contributed by atoms with van der Waals surface area (Å²) in [5.74, 6) is 0.150. The van der Waals surface area contributed by atoms with Gasteiger partial charge < -0.3 is 15.1 Å². The number of likely N-dealkylation sites (N-methyl/N-ethyl adjacent to an activating group) is 1. The summed E-state index contributed by atoms with van der Waals surface area (Å²) < 4.78 is 0. The molecule has 1 aliphatic heterocycles. The molecule has 0 bridgehead atoms. The quantitative estimate of drug-likeness (QED) is 0.843. The summed E-state index contributed by atoms with van der Waals surface area (Å²) in [6.07, 6.45) is 0. The van der Waals surface area contributed by atoms with Gasteiger partial charge in [-0.2, -0.15) is 0 Å². The van der Waals surface area contributed by atoms with E-state index in [1.807, 2.05) is 38.7 Å². The fourth-order valence-corrected chi connectivity index (χ4v) is 4.25. The number of carbonyl (C=O) groups excluding carboxylic acids is 2. The van der Waals surface area contributed by atoms with Crippen molar-refractivity contribution in [2.45, 2.75) is 51.3 Å². The Morgan fingerprint density at radius 3 is 2.72 bits per heavy atom. The molecule has 3 amide bonds. The summed E-state index contributed by atoms with van der Waals surface area (Å²) in [5.41, 5.74) is 2.34. The van der Waals surface area contributed by atoms with E-state index in [9.17, 15) is 9.59 Å². The summed E-state index contributed by atoms with van der Waals surface area (Å²) in [6, 6.07) is 8.34. The first-order valence-corrected chi connectivity index (χ1v) is 9.85. The van der Waals surface area contributed by atoms with Crippen molar-refractivity contribution in [2.75, 3.05) is 19.6 Å². The SMILES string of the molecule is CCN(CCN1C(=O)[C@@H](C)S[C@@H]1c1cccc(C)c1)C(=O)NC(C)C. The maximum atomic E-state index is 12.6. The number of urea groups is 1. The lowest BCUT2D eigenvalue weighted by Crippen LogP contribution is -2.46. The zero-order chi connectivity index (χ0) is 18.6. The van der Waals surface area contributed by atoms with Gasteiger partial charge in [-0.1, -0.05) is 29.8 Å². The van der Waals surface area contributed by atoms with Crippen LogP contribution in [0.15, 0.2) is 24.3 Å². The van der Waals surface area contributed by atoms with Crippen LogP contribution in [-0.2, 0) is 4.79 Å². The molecular weight excluding hydrogens is 334 g/mol. The number of nitrogens with zero attached hydrogens (tertiary/aromatic N) is 2. The Labute approximate surface area is 155 Å². The van der Waals surface area contributed by atoms with Crippen molar-refractivity contribution < 1.29 is 9.59 Å². The molecule has 0 saturated carbocycles. The van der Waals surface area contributed by atoms with Gasteiger partial charge in [0.25, 0.3) is 0 Å². The van der Waals surface area contributed by atoms with Crippen LogP contribution in [0, 0.1) is 6.92 Å². The van der Waals surface area contributed by atoms with Crippen LogP contribution in [0.25, 0.3) is 0 Å². The average Bonchev–Trinajstić information content (AvgIpc) is 2.83. The lowest BCUT2D eigenvalue weighted by molar-refractivity contribution is -0.129. The van der Waals surface area contributed by atoms with Crippen molar-refractivity contribution in [3.05, 3.63) is 35.4 Å². The Morgan fingerprint density at radius 1 is 1.40 bits per heavy atom. The summed E-state index contributed by atoms with van der Waals surface area (Å²) in [6.45, 7) is 11.6. The van der Waals surface area contributed by atoms with Crippen molar-refractivity contribution in [2.24, 2.45) is 0 Å². The molecule has 0 radical (unpaired) electrons. The zero-order valence-corrected chi connectivity index (χ0v) is 16.6. The minimum atomic E-state index is -0.0723. The molecule has 0 aromatic heterocycles. The molecule has 1 aromatic carbocycles. The number of aryl methyl sites for hydroxylation is 1. The topological polar surface area (TPSA) is 52.7 Å². The van der Waals surface area contributed by atoms with Crippen molar-refractivity contribution in [1.82, 2.24) is 15.1 Å². The summed E-state index contributed by atoms with van der Waals surface area (Å²) in [7, 11) is 0. The number of hydrogen-bond acceptors (Lipinski definition) is 3. The van der Waals surface area contributed by atoms with Crippen LogP contribution in [0.4, 0.5) is 4.79 Å². The number of amides is 3. The van der Waals surface area contributed by atoms with E-state index in [1.165, 1.54) is 5.56 Å². The number of thioether (sulfide) groups is 1. The van der Waals surface area contributed by atoms with E-state index in [-0.39, 0.29) is 28.6 Å². The van der Waals surface area contributed by atoms with Crippen LogP contribution >= 0.6 is 11.8 Å². The third-order valence-electron chi connectivity index (χ3n) is 4.27. The summed E-state index contributed by atoms with van der Waals surface area (Å²) >= 11 is 1.68. The predicted molar refractivity (Wildman–Crippen MR) is 104 cm³/mol. The number of hydrogen-bond donors (Lipinski definition) is 1. The molecule has 0 unspecified atom stereocenters. The minimum Gasteiger partial charge on any atom is -0.336 e. The van der Waals surface area contributed by atoms with Gasteiger partial charge in [0.1, 0.15) is 5.37 Å². The second kappa shape index (κ2) is 8.61. The van der Waals surface area contributed by atoms with Gasteiger partial charge in [0.2, 0.25) is 5.91 Å². The van der Waals surface area contributed by atoms with E-state index in [1.54, 1.807) is 16.7 Å². The van der Waals surface area contributed by atoms with Crippen LogP contribution in [0.5, 0.6) is 0 Å². The van der Waals surface area contributed by atoms with Gasteiger partial charge in [-0.15, -0.1) is 11.8 Å². The van der Waals surface area contributed by atoms with Gasteiger partial charge in [0, 0.05) is 25.7 Å². The van der Waals surface area contributed by atoms with Gasteiger partial charge in [0.05, 0.1) is 5.25 Å². The number of carbonyl (C=O) groups is 2. The largest absolute Gasteiger partial charge is 0.336 e. The van der Waals surface area contributed by atoms with Crippen LogP contribution in [0.2, 0.25) is 0 Å². The van der Waals surface area contributed by atoms with Gasteiger partial charge in [-0.05, 0) is 40.2 Å². The number of benzene rings is 1. The highest BCUT2D eigenvalue weighted by Gasteiger charge is 2.38. The van der Waals surface area contributed by atoms with E-state index in [0.29, 0.717) is 19.6 Å². The molecule has 1 aromatic rings. The van der Waals surface area contributed by atoms with Gasteiger partial charge in [0.15, 0.2) is 0 Å². The molecule has 138 valence electrons. The van der Waals surface area contributed by atoms with Gasteiger partial charge in [-0.25, -0.2) is 4.79 Å². The van der Waals surface area contributed by atoms with Crippen molar-refractivity contribution in [1.29, 1.82) is 0 Å². The van der Waals surface area contributed by atoms with E-state index >= 15 is 0 Å². The molecule has 2 atom stereocenters. The average molecular weight is 364 g/mol. The molecule has 0 aliphatic carbocycles. The van der Waals surface area contributed by atoms with E-state index in [4.69, 9.17) is 0 Å². The highest BCUT2D eigenvalue weighted by Crippen LogP contribution is 2.42. The smallest absolute Gasteiger partial charge is 0.317 e. The molecule has 2 rings (SSSR count). The maximum absolute atomic E-state index is 12.6. The highest BCUT2D eigenvalue weighted by molar-refractivity contribution is 8.01.